The van der Waals surface area contributed by atoms with Gasteiger partial charge in [-0.15, -0.1) is 0 Å². The molecule has 0 unspecified atom stereocenters. The highest BCUT2D eigenvalue weighted by molar-refractivity contribution is 5.73. The molecule has 0 spiro atoms. The molecule has 4 heteroatoms. The lowest BCUT2D eigenvalue weighted by atomic mass is 10.1. The van der Waals surface area contributed by atoms with Crippen molar-refractivity contribution in [2.24, 2.45) is 5.73 Å². The van der Waals surface area contributed by atoms with E-state index in [4.69, 9.17) is 10.5 Å². The Morgan fingerprint density at radius 3 is 2.47 bits per heavy atom. The molecule has 0 aliphatic carbocycles. The summed E-state index contributed by atoms with van der Waals surface area (Å²) in [6.07, 6.45) is 1.08. The van der Waals surface area contributed by atoms with Gasteiger partial charge in [-0.3, -0.25) is 4.79 Å². The highest BCUT2D eigenvalue weighted by Gasteiger charge is 1.99. The molecule has 0 bridgehead atoms. The lowest BCUT2D eigenvalue weighted by Crippen LogP contribution is -2.19. The zero-order valence-corrected chi connectivity index (χ0v) is 10.5. The summed E-state index contributed by atoms with van der Waals surface area (Å²) in [7, 11) is 4.02. The standard InChI is InChI=1S/C13H20N2O2/c1-15(2)9-10-17-12-6-3-11(4-7-12)5-8-13(14)16/h3-4,6-7H,5,8-10H2,1-2H3,(H2,14,16). The predicted molar refractivity (Wildman–Crippen MR) is 68.0 cm³/mol. The van der Waals surface area contributed by atoms with Crippen molar-refractivity contribution in [3.05, 3.63) is 29.8 Å². The van der Waals surface area contributed by atoms with E-state index < -0.39 is 0 Å². The first-order valence-corrected chi connectivity index (χ1v) is 5.72. The van der Waals surface area contributed by atoms with Crippen LogP contribution in [0.25, 0.3) is 0 Å². The van der Waals surface area contributed by atoms with E-state index in [-0.39, 0.29) is 5.91 Å². The Morgan fingerprint density at radius 1 is 1.29 bits per heavy atom. The summed E-state index contributed by atoms with van der Waals surface area (Å²) in [6, 6.07) is 7.78. The van der Waals surface area contributed by atoms with Crippen molar-refractivity contribution in [3.8, 4) is 5.75 Å². The molecule has 1 aromatic carbocycles. The minimum atomic E-state index is -0.267. The molecule has 4 nitrogen and oxygen atoms in total. The van der Waals surface area contributed by atoms with Gasteiger partial charge in [-0.2, -0.15) is 0 Å². The number of nitrogens with zero attached hydrogens (tertiary/aromatic N) is 1. The third kappa shape index (κ3) is 5.92. The zero-order chi connectivity index (χ0) is 12.7. The van der Waals surface area contributed by atoms with Crippen LogP contribution in [-0.2, 0) is 11.2 Å². The molecular weight excluding hydrogens is 216 g/mol. The SMILES string of the molecule is CN(C)CCOc1ccc(CCC(N)=O)cc1. The number of rotatable bonds is 7. The molecule has 0 fully saturated rings. The highest BCUT2D eigenvalue weighted by atomic mass is 16.5. The smallest absolute Gasteiger partial charge is 0.217 e. The van der Waals surface area contributed by atoms with Gasteiger partial charge in [0.2, 0.25) is 5.91 Å². The Kier molecular flexibility index (Phi) is 5.49. The first-order chi connectivity index (χ1) is 8.08. The maximum absolute atomic E-state index is 10.6. The van der Waals surface area contributed by atoms with Crippen LogP contribution >= 0.6 is 0 Å². The van der Waals surface area contributed by atoms with Crippen LogP contribution in [0.3, 0.4) is 0 Å². The molecule has 0 atom stereocenters. The van der Waals surface area contributed by atoms with Crippen molar-refractivity contribution in [1.82, 2.24) is 4.90 Å². The fourth-order valence-electron chi connectivity index (χ4n) is 1.37. The van der Waals surface area contributed by atoms with Gasteiger partial charge in [0, 0.05) is 13.0 Å². The third-order valence-electron chi connectivity index (χ3n) is 2.39. The lowest BCUT2D eigenvalue weighted by molar-refractivity contribution is -0.117. The number of nitrogens with two attached hydrogens (primary N) is 1. The molecule has 0 radical (unpaired) electrons. The van der Waals surface area contributed by atoms with Gasteiger partial charge >= 0.3 is 0 Å². The number of primary amides is 1. The summed E-state index contributed by atoms with van der Waals surface area (Å²) >= 11 is 0. The highest BCUT2D eigenvalue weighted by Crippen LogP contribution is 2.13. The molecule has 0 aliphatic heterocycles. The number of ether oxygens (including phenoxy) is 1. The van der Waals surface area contributed by atoms with Crippen LogP contribution < -0.4 is 10.5 Å². The van der Waals surface area contributed by atoms with Crippen molar-refractivity contribution in [3.63, 3.8) is 0 Å². The average Bonchev–Trinajstić information content (AvgIpc) is 2.27. The van der Waals surface area contributed by atoms with Crippen molar-refractivity contribution in [2.75, 3.05) is 27.2 Å². The summed E-state index contributed by atoms with van der Waals surface area (Å²) in [4.78, 5) is 12.7. The second-order valence-electron chi connectivity index (χ2n) is 4.26. The van der Waals surface area contributed by atoms with Crippen LogP contribution in [0.4, 0.5) is 0 Å². The Morgan fingerprint density at radius 2 is 1.94 bits per heavy atom. The van der Waals surface area contributed by atoms with E-state index in [1.165, 1.54) is 0 Å². The average molecular weight is 236 g/mol. The van der Waals surface area contributed by atoms with Gasteiger partial charge in [0.15, 0.2) is 0 Å². The van der Waals surface area contributed by atoms with Crippen molar-refractivity contribution >= 4 is 5.91 Å². The molecule has 0 saturated carbocycles. The minimum Gasteiger partial charge on any atom is -0.492 e. The van der Waals surface area contributed by atoms with Crippen LogP contribution in [0.1, 0.15) is 12.0 Å². The molecule has 1 rings (SSSR count). The molecule has 0 aliphatic rings. The first kappa shape index (κ1) is 13.5. The molecule has 2 N–H and O–H groups in total. The Bertz CT molecular complexity index is 347. The number of hydrogen-bond acceptors (Lipinski definition) is 3. The maximum Gasteiger partial charge on any atom is 0.217 e. The first-order valence-electron chi connectivity index (χ1n) is 5.72. The van der Waals surface area contributed by atoms with Crippen molar-refractivity contribution in [2.45, 2.75) is 12.8 Å². The molecule has 0 aromatic heterocycles. The van der Waals surface area contributed by atoms with Gasteiger partial charge in [-0.05, 0) is 38.2 Å². The van der Waals surface area contributed by atoms with E-state index in [1.807, 2.05) is 38.4 Å². The molecule has 1 aromatic rings. The molecular formula is C13H20N2O2. The topological polar surface area (TPSA) is 55.6 Å². The van der Waals surface area contributed by atoms with Gasteiger partial charge < -0.3 is 15.4 Å². The molecule has 17 heavy (non-hydrogen) atoms. The Balaban J connectivity index is 2.36. The Labute approximate surface area is 102 Å². The quantitative estimate of drug-likeness (QED) is 0.769. The van der Waals surface area contributed by atoms with Gasteiger partial charge in [-0.1, -0.05) is 12.1 Å². The lowest BCUT2D eigenvalue weighted by Gasteiger charge is -2.11. The van der Waals surface area contributed by atoms with Crippen LogP contribution in [0.5, 0.6) is 5.75 Å². The molecule has 0 saturated heterocycles. The second kappa shape index (κ2) is 6.91. The fraction of sp³-hybridized carbons (Fsp3) is 0.462. The van der Waals surface area contributed by atoms with Gasteiger partial charge in [0.25, 0.3) is 0 Å². The number of aryl methyl sites for hydroxylation is 1. The van der Waals surface area contributed by atoms with Crippen molar-refractivity contribution in [1.29, 1.82) is 0 Å². The van der Waals surface area contributed by atoms with Crippen molar-refractivity contribution < 1.29 is 9.53 Å². The number of likely N-dealkylation sites (N-methyl/N-ethyl adjacent to an activating group) is 1. The summed E-state index contributed by atoms with van der Waals surface area (Å²) in [5, 5.41) is 0. The second-order valence-corrected chi connectivity index (χ2v) is 4.26. The zero-order valence-electron chi connectivity index (χ0n) is 10.5. The van der Waals surface area contributed by atoms with Crippen LogP contribution in [-0.4, -0.2) is 38.1 Å². The maximum atomic E-state index is 10.6. The van der Waals surface area contributed by atoms with E-state index in [0.717, 1.165) is 17.9 Å². The van der Waals surface area contributed by atoms with Gasteiger partial charge in [0.1, 0.15) is 12.4 Å². The number of benzene rings is 1. The van der Waals surface area contributed by atoms with E-state index >= 15 is 0 Å². The molecule has 0 heterocycles. The third-order valence-corrected chi connectivity index (χ3v) is 2.39. The normalized spacial score (nSPS) is 10.5. The summed E-state index contributed by atoms with van der Waals surface area (Å²) in [5.41, 5.74) is 6.20. The summed E-state index contributed by atoms with van der Waals surface area (Å²) < 4.78 is 5.56. The number of hydrogen-bond donors (Lipinski definition) is 1. The molecule has 94 valence electrons. The van der Waals surface area contributed by atoms with Crippen LogP contribution in [0.2, 0.25) is 0 Å². The summed E-state index contributed by atoms with van der Waals surface area (Å²) in [6.45, 7) is 1.57. The number of carbonyl (C=O) groups is 1. The van der Waals surface area contributed by atoms with E-state index in [0.29, 0.717) is 19.4 Å². The Hall–Kier alpha value is -1.55. The minimum absolute atomic E-state index is 0.267. The number of amides is 1. The van der Waals surface area contributed by atoms with Gasteiger partial charge in [-0.25, -0.2) is 0 Å². The van der Waals surface area contributed by atoms with Crippen LogP contribution in [0, 0.1) is 0 Å². The monoisotopic (exact) mass is 236 g/mol. The summed E-state index contributed by atoms with van der Waals surface area (Å²) in [5.74, 6) is 0.589. The molecule has 1 amide bonds. The van der Waals surface area contributed by atoms with E-state index in [1.54, 1.807) is 0 Å². The largest absolute Gasteiger partial charge is 0.492 e. The van der Waals surface area contributed by atoms with E-state index in [9.17, 15) is 4.79 Å². The number of carbonyl (C=O) groups excluding carboxylic acids is 1. The van der Waals surface area contributed by atoms with E-state index in [2.05, 4.69) is 4.90 Å². The van der Waals surface area contributed by atoms with Crippen LogP contribution in [0.15, 0.2) is 24.3 Å². The van der Waals surface area contributed by atoms with Gasteiger partial charge in [0.05, 0.1) is 0 Å². The predicted octanol–water partition coefficient (Wildman–Crippen LogP) is 1.04. The fourth-order valence-corrected chi connectivity index (χ4v) is 1.37.